The molecule has 0 bridgehead atoms. The topological polar surface area (TPSA) is 0 Å². The van der Waals surface area contributed by atoms with Crippen molar-refractivity contribution in [2.75, 3.05) is 0 Å². The van der Waals surface area contributed by atoms with Crippen LogP contribution in [0.15, 0.2) is 183 Å². The van der Waals surface area contributed by atoms with Gasteiger partial charge in [0.2, 0.25) is 0 Å². The maximum Gasteiger partial charge on any atom is 0.0425 e. The van der Waals surface area contributed by atoms with E-state index in [1.807, 2.05) is 70.6 Å². The molecule has 0 spiro atoms. The molecular weight excluding hydrogens is 901 g/mol. The molecule has 7 rings (SSSR count). The van der Waals surface area contributed by atoms with Gasteiger partial charge in [-0.2, -0.15) is 0 Å². The van der Waals surface area contributed by atoms with Crippen molar-refractivity contribution in [2.45, 2.75) is 136 Å². The number of hydrogen-bond acceptors (Lipinski definition) is 9. The maximum absolute atomic E-state index is 4.97. The molecule has 7 aromatic rings. The van der Waals surface area contributed by atoms with Crippen LogP contribution >= 0.6 is 108 Å². The van der Waals surface area contributed by atoms with E-state index in [9.17, 15) is 0 Å². The largest absolute Gasteiger partial charge is 0.143 e. The van der Waals surface area contributed by atoms with Gasteiger partial charge in [0.15, 0.2) is 0 Å². The van der Waals surface area contributed by atoms with E-state index in [4.69, 9.17) is 37.9 Å². The Labute approximate surface area is 399 Å². The highest BCUT2D eigenvalue weighted by molar-refractivity contribution is 8.07. The first-order valence-electron chi connectivity index (χ1n) is 19.5. The zero-order valence-corrected chi connectivity index (χ0v) is 42.8. The van der Waals surface area contributed by atoms with E-state index in [1.54, 1.807) is 0 Å². The second kappa shape index (κ2) is 20.0. The molecule has 60 heavy (non-hydrogen) atoms. The van der Waals surface area contributed by atoms with Crippen LogP contribution in [0.3, 0.4) is 0 Å². The minimum absolute atomic E-state index is 0.993. The summed E-state index contributed by atoms with van der Waals surface area (Å²) in [5.41, 5.74) is 11.0. The van der Waals surface area contributed by atoms with E-state index in [1.165, 1.54) is 109 Å². The van der Waals surface area contributed by atoms with Crippen molar-refractivity contribution in [1.29, 1.82) is 0 Å². The second-order valence-electron chi connectivity index (χ2n) is 15.2. The molecule has 0 aliphatic rings. The fourth-order valence-corrected chi connectivity index (χ4v) is 14.9. The van der Waals surface area contributed by atoms with Gasteiger partial charge >= 0.3 is 0 Å². The lowest BCUT2D eigenvalue weighted by molar-refractivity contribution is 0.869. The monoisotopic (exact) mass is 948 g/mol. The van der Waals surface area contributed by atoms with Gasteiger partial charge in [-0.3, -0.25) is 0 Å². The first-order valence-corrected chi connectivity index (χ1v) is 25.8. The minimum Gasteiger partial charge on any atom is -0.143 e. The molecule has 0 radical (unpaired) electrons. The van der Waals surface area contributed by atoms with Crippen LogP contribution in [0.5, 0.6) is 0 Å². The average molecular weight is 950 g/mol. The summed E-state index contributed by atoms with van der Waals surface area (Å²) >= 11 is 26.1. The van der Waals surface area contributed by atoms with Gasteiger partial charge in [-0.1, -0.05) is 142 Å². The quantitative estimate of drug-likeness (QED) is 0.104. The summed E-state index contributed by atoms with van der Waals surface area (Å²) in [7, 11) is 0. The third-order valence-electron chi connectivity index (χ3n) is 10.1. The van der Waals surface area contributed by atoms with Gasteiger partial charge in [-0.25, -0.2) is 0 Å². The van der Waals surface area contributed by atoms with Crippen LogP contribution in [0.25, 0.3) is 0 Å². The summed E-state index contributed by atoms with van der Waals surface area (Å²) < 4.78 is 0. The number of aryl methyl sites for hydroxylation is 9. The van der Waals surface area contributed by atoms with Crippen molar-refractivity contribution in [3.63, 3.8) is 0 Å². The molecule has 0 aliphatic heterocycles. The lowest BCUT2D eigenvalue weighted by atomic mass is 10.2. The van der Waals surface area contributed by atoms with Gasteiger partial charge in [-0.05, 0) is 150 Å². The van der Waals surface area contributed by atoms with E-state index in [-0.39, 0.29) is 0 Å². The van der Waals surface area contributed by atoms with Crippen molar-refractivity contribution in [3.05, 3.63) is 159 Å². The van der Waals surface area contributed by atoms with E-state index < -0.39 is 0 Å². The van der Waals surface area contributed by atoms with Gasteiger partial charge in [0.05, 0.1) is 0 Å². The molecule has 0 aliphatic carbocycles. The molecule has 0 heterocycles. The molecule has 0 unspecified atom stereocenters. The standard InChI is InChI=1S/C51H48S9/c1-28-10-16-37(17-11-28)55-46-49(58-43-25-40(52)31(4)22-34(43)7)47(56-38-18-12-29(2)13-19-38)51(60-45-27-42(54)33(6)24-36(45)9)48(57-39-20-14-30(3)15-21-39)50(46)59-44-26-41(53)32(5)23-35(44)8/h10-27,52-54H,1-9H3. The summed E-state index contributed by atoms with van der Waals surface area (Å²) in [6.07, 6.45) is 0. The molecule has 9 heteroatoms. The molecule has 0 fully saturated rings. The van der Waals surface area contributed by atoms with Crippen LogP contribution in [-0.2, 0) is 0 Å². The number of thiol groups is 3. The van der Waals surface area contributed by atoms with Crippen LogP contribution < -0.4 is 0 Å². The fourth-order valence-electron chi connectivity index (χ4n) is 6.47. The first kappa shape index (κ1) is 45.7. The van der Waals surface area contributed by atoms with Crippen LogP contribution in [0.2, 0.25) is 0 Å². The van der Waals surface area contributed by atoms with Gasteiger partial charge in [0.1, 0.15) is 0 Å². The Morgan fingerprint density at radius 1 is 0.267 bits per heavy atom. The van der Waals surface area contributed by atoms with Crippen LogP contribution in [-0.4, -0.2) is 0 Å². The predicted molar refractivity (Wildman–Crippen MR) is 274 cm³/mol. The second-order valence-corrected chi connectivity index (χ2v) is 23.1. The molecule has 306 valence electrons. The van der Waals surface area contributed by atoms with Crippen LogP contribution in [0.1, 0.15) is 50.1 Å². The summed E-state index contributed by atoms with van der Waals surface area (Å²) in [6.45, 7) is 19.6. The third-order valence-corrected chi connectivity index (χ3v) is 19.5. The fraction of sp³-hybridized carbons (Fsp3) is 0.176. The minimum atomic E-state index is 0.993. The van der Waals surface area contributed by atoms with Gasteiger partial charge in [0, 0.05) is 73.4 Å². The van der Waals surface area contributed by atoms with Gasteiger partial charge < -0.3 is 0 Å². The Morgan fingerprint density at radius 2 is 0.483 bits per heavy atom. The zero-order chi connectivity index (χ0) is 42.8. The lowest BCUT2D eigenvalue weighted by Crippen LogP contribution is -1.99. The molecule has 0 amide bonds. The average Bonchev–Trinajstić information content (AvgIpc) is 3.20. The molecule has 0 aromatic heterocycles. The van der Waals surface area contributed by atoms with Gasteiger partial charge in [0.25, 0.3) is 0 Å². The SMILES string of the molecule is Cc1ccc(Sc2c(Sc3cc(S)c(C)cc3C)c(Sc3ccc(C)cc3)c(Sc3cc(S)c(C)cc3C)c(Sc3ccc(C)cc3)c2Sc2cc(S)c(C)cc2C)cc1. The lowest BCUT2D eigenvalue weighted by Gasteiger charge is -2.26. The smallest absolute Gasteiger partial charge is 0.0425 e. The normalized spacial score (nSPS) is 11.4. The summed E-state index contributed by atoms with van der Waals surface area (Å²) in [6, 6.07) is 40.5. The van der Waals surface area contributed by atoms with Crippen molar-refractivity contribution in [1.82, 2.24) is 0 Å². The summed E-state index contributed by atoms with van der Waals surface area (Å²) in [5.74, 6) is 0. The summed E-state index contributed by atoms with van der Waals surface area (Å²) in [5, 5.41) is 0. The number of benzene rings is 7. The van der Waals surface area contributed by atoms with Crippen molar-refractivity contribution in [2.24, 2.45) is 0 Å². The van der Waals surface area contributed by atoms with Gasteiger partial charge in [-0.15, -0.1) is 37.9 Å². The Bertz CT molecular complexity index is 2380. The third kappa shape index (κ3) is 10.9. The Balaban J connectivity index is 1.65. The van der Waals surface area contributed by atoms with E-state index in [2.05, 4.69) is 172 Å². The Morgan fingerprint density at radius 3 is 0.717 bits per heavy atom. The van der Waals surface area contributed by atoms with Crippen molar-refractivity contribution >= 4 is 108 Å². The molecule has 0 saturated carbocycles. The molecule has 0 nitrogen and oxygen atoms in total. The highest BCUT2D eigenvalue weighted by Gasteiger charge is 2.30. The van der Waals surface area contributed by atoms with E-state index in [0.29, 0.717) is 0 Å². The van der Waals surface area contributed by atoms with Crippen molar-refractivity contribution in [3.8, 4) is 0 Å². The highest BCUT2D eigenvalue weighted by Crippen LogP contribution is 2.60. The Kier molecular flexibility index (Phi) is 15.3. The zero-order valence-electron chi connectivity index (χ0n) is 35.2. The molecule has 0 atom stereocenters. The maximum atomic E-state index is 4.97. The molecule has 0 N–H and O–H groups in total. The predicted octanol–water partition coefficient (Wildman–Crippen LogP) is 18.2. The molecule has 7 aromatic carbocycles. The van der Waals surface area contributed by atoms with Crippen LogP contribution in [0, 0.1) is 62.3 Å². The number of hydrogen-bond donors (Lipinski definition) is 3. The summed E-state index contributed by atoms with van der Waals surface area (Å²) in [4.78, 5) is 17.6. The highest BCUT2D eigenvalue weighted by atomic mass is 32.2. The van der Waals surface area contributed by atoms with E-state index >= 15 is 0 Å². The first-order chi connectivity index (χ1) is 28.6. The van der Waals surface area contributed by atoms with Crippen LogP contribution in [0.4, 0.5) is 0 Å². The van der Waals surface area contributed by atoms with Crippen molar-refractivity contribution < 1.29 is 0 Å². The number of rotatable bonds is 12. The molecular formula is C51H48S9. The Hall–Kier alpha value is -2.31. The molecule has 0 saturated heterocycles. The van der Waals surface area contributed by atoms with E-state index in [0.717, 1.165) is 14.7 Å².